The Hall–Kier alpha value is -1.92. The second-order valence-electron chi connectivity index (χ2n) is 7.02. The first-order chi connectivity index (χ1) is 11.8. The van der Waals surface area contributed by atoms with Crippen LogP contribution >= 0.6 is 22.7 Å². The molecule has 25 heavy (non-hydrogen) atoms. The Morgan fingerprint density at radius 1 is 1.12 bits per heavy atom. The van der Waals surface area contributed by atoms with Crippen LogP contribution in [-0.2, 0) is 4.79 Å². The van der Waals surface area contributed by atoms with Crippen LogP contribution in [0.4, 0.5) is 0 Å². The standard InChI is InChI=1S/C19H22N2O2S2/c1-5-21(11-16(22)20-19(2,3)4)18(23)15-10-14-17(25-15)12-8-6-7-9-13(12)24-14/h6-10H,5,11H2,1-4H3,(H,20,22). The molecule has 6 heteroatoms. The second kappa shape index (κ2) is 6.77. The van der Waals surface area contributed by atoms with Gasteiger partial charge in [0, 0.05) is 26.9 Å². The molecular formula is C19H22N2O2S2. The molecule has 0 saturated heterocycles. The van der Waals surface area contributed by atoms with Crippen molar-refractivity contribution in [3.05, 3.63) is 35.2 Å². The number of benzene rings is 1. The third kappa shape index (κ3) is 3.85. The molecule has 0 saturated carbocycles. The van der Waals surface area contributed by atoms with Gasteiger partial charge in [-0.2, -0.15) is 0 Å². The number of rotatable bonds is 4. The molecule has 2 aromatic heterocycles. The van der Waals surface area contributed by atoms with Crippen LogP contribution in [0.2, 0.25) is 0 Å². The summed E-state index contributed by atoms with van der Waals surface area (Å²) in [5, 5.41) is 4.10. The van der Waals surface area contributed by atoms with Gasteiger partial charge in [-0.05, 0) is 39.8 Å². The predicted octanol–water partition coefficient (Wildman–Crippen LogP) is 4.49. The lowest BCUT2D eigenvalue weighted by Gasteiger charge is -2.24. The molecule has 1 N–H and O–H groups in total. The van der Waals surface area contributed by atoms with Gasteiger partial charge in [-0.15, -0.1) is 22.7 Å². The lowest BCUT2D eigenvalue weighted by molar-refractivity contribution is -0.123. The van der Waals surface area contributed by atoms with Gasteiger partial charge in [0.15, 0.2) is 0 Å². The molecule has 0 radical (unpaired) electrons. The zero-order valence-corrected chi connectivity index (χ0v) is 16.5. The topological polar surface area (TPSA) is 49.4 Å². The minimum atomic E-state index is -0.302. The number of fused-ring (bicyclic) bond motifs is 3. The van der Waals surface area contributed by atoms with E-state index in [1.807, 2.05) is 45.9 Å². The quantitative estimate of drug-likeness (QED) is 0.731. The molecule has 2 amide bonds. The first-order valence-corrected chi connectivity index (χ1v) is 9.93. The average molecular weight is 375 g/mol. The lowest BCUT2D eigenvalue weighted by Crippen LogP contribution is -2.47. The summed E-state index contributed by atoms with van der Waals surface area (Å²) < 4.78 is 3.52. The van der Waals surface area contributed by atoms with Crippen LogP contribution in [0.15, 0.2) is 30.3 Å². The summed E-state index contributed by atoms with van der Waals surface area (Å²) in [4.78, 5) is 27.3. The molecule has 0 aliphatic heterocycles. The number of hydrogen-bond acceptors (Lipinski definition) is 4. The predicted molar refractivity (Wildman–Crippen MR) is 107 cm³/mol. The number of likely N-dealkylation sites (N-methyl/N-ethyl adjacent to an activating group) is 1. The number of carbonyl (C=O) groups excluding carboxylic acids is 2. The Balaban J connectivity index is 1.83. The van der Waals surface area contributed by atoms with E-state index in [-0.39, 0.29) is 23.9 Å². The van der Waals surface area contributed by atoms with E-state index in [1.54, 1.807) is 16.2 Å². The molecule has 0 aliphatic rings. The number of carbonyl (C=O) groups is 2. The van der Waals surface area contributed by atoms with Crippen molar-refractivity contribution in [2.45, 2.75) is 33.2 Å². The fourth-order valence-corrected chi connectivity index (χ4v) is 5.21. The number of thiophene rings is 2. The first kappa shape index (κ1) is 17.9. The van der Waals surface area contributed by atoms with Crippen LogP contribution in [0.25, 0.3) is 19.5 Å². The third-order valence-electron chi connectivity index (χ3n) is 3.78. The van der Waals surface area contributed by atoms with Crippen LogP contribution in [0, 0.1) is 0 Å². The van der Waals surface area contributed by atoms with Gasteiger partial charge < -0.3 is 10.2 Å². The number of nitrogens with one attached hydrogen (secondary N) is 1. The highest BCUT2D eigenvalue weighted by atomic mass is 32.1. The monoisotopic (exact) mass is 374 g/mol. The molecule has 0 spiro atoms. The minimum Gasteiger partial charge on any atom is -0.350 e. The average Bonchev–Trinajstić information content (AvgIpc) is 3.08. The van der Waals surface area contributed by atoms with Crippen molar-refractivity contribution in [3.63, 3.8) is 0 Å². The summed E-state index contributed by atoms with van der Waals surface area (Å²) in [7, 11) is 0. The lowest BCUT2D eigenvalue weighted by atomic mass is 10.1. The van der Waals surface area contributed by atoms with Crippen LogP contribution in [0.5, 0.6) is 0 Å². The summed E-state index contributed by atoms with van der Waals surface area (Å²) in [6.45, 7) is 8.28. The van der Waals surface area contributed by atoms with Crippen LogP contribution in [0.3, 0.4) is 0 Å². The van der Waals surface area contributed by atoms with Crippen molar-refractivity contribution in [2.24, 2.45) is 0 Å². The molecule has 3 aromatic rings. The van der Waals surface area contributed by atoms with Gasteiger partial charge >= 0.3 is 0 Å². The number of nitrogens with zero attached hydrogens (tertiary/aromatic N) is 1. The van der Waals surface area contributed by atoms with E-state index in [4.69, 9.17) is 0 Å². The molecule has 1 aromatic carbocycles. The molecule has 0 unspecified atom stereocenters. The highest BCUT2D eigenvalue weighted by Gasteiger charge is 2.22. The highest BCUT2D eigenvalue weighted by Crippen LogP contribution is 2.39. The van der Waals surface area contributed by atoms with Crippen LogP contribution in [0.1, 0.15) is 37.4 Å². The summed E-state index contributed by atoms with van der Waals surface area (Å²) in [6.07, 6.45) is 0. The third-order valence-corrected chi connectivity index (χ3v) is 6.18. The Kier molecular flexibility index (Phi) is 4.84. The first-order valence-electron chi connectivity index (χ1n) is 8.30. The van der Waals surface area contributed by atoms with E-state index in [0.29, 0.717) is 11.4 Å². The Bertz CT molecular complexity index is 934. The van der Waals surface area contributed by atoms with Crippen LogP contribution in [-0.4, -0.2) is 35.3 Å². The Morgan fingerprint density at radius 3 is 2.52 bits per heavy atom. The van der Waals surface area contributed by atoms with Gasteiger partial charge in [-0.3, -0.25) is 9.59 Å². The van der Waals surface area contributed by atoms with Crippen molar-refractivity contribution in [3.8, 4) is 0 Å². The maximum Gasteiger partial charge on any atom is 0.264 e. The fourth-order valence-electron chi connectivity index (χ4n) is 2.72. The zero-order chi connectivity index (χ0) is 18.2. The summed E-state index contributed by atoms with van der Waals surface area (Å²) >= 11 is 3.21. The van der Waals surface area contributed by atoms with E-state index in [1.165, 1.54) is 21.4 Å². The molecule has 3 rings (SSSR count). The smallest absolute Gasteiger partial charge is 0.264 e. The van der Waals surface area contributed by atoms with E-state index >= 15 is 0 Å². The van der Waals surface area contributed by atoms with Gasteiger partial charge in [0.05, 0.1) is 16.1 Å². The van der Waals surface area contributed by atoms with Gasteiger partial charge in [0.25, 0.3) is 5.91 Å². The number of hydrogen-bond donors (Lipinski definition) is 1. The molecule has 0 aliphatic carbocycles. The molecule has 0 bridgehead atoms. The van der Waals surface area contributed by atoms with Crippen molar-refractivity contribution >= 4 is 54.0 Å². The van der Waals surface area contributed by atoms with E-state index in [9.17, 15) is 9.59 Å². The molecule has 4 nitrogen and oxygen atoms in total. The van der Waals surface area contributed by atoms with Crippen LogP contribution < -0.4 is 5.32 Å². The summed E-state index contributed by atoms with van der Waals surface area (Å²) in [5.41, 5.74) is -0.302. The van der Waals surface area contributed by atoms with Crippen molar-refractivity contribution in [1.82, 2.24) is 10.2 Å². The summed E-state index contributed by atoms with van der Waals surface area (Å²) in [5.74, 6) is -0.212. The SMILES string of the molecule is CCN(CC(=O)NC(C)(C)C)C(=O)c1cc2sc3ccccc3c2s1. The zero-order valence-electron chi connectivity index (χ0n) is 14.9. The molecule has 2 heterocycles. The normalized spacial score (nSPS) is 11.8. The summed E-state index contributed by atoms with van der Waals surface area (Å²) in [6, 6.07) is 10.2. The molecule has 132 valence electrons. The molecule has 0 fully saturated rings. The van der Waals surface area contributed by atoms with Gasteiger partial charge in [-0.25, -0.2) is 0 Å². The maximum absolute atomic E-state index is 12.8. The van der Waals surface area contributed by atoms with Crippen molar-refractivity contribution < 1.29 is 9.59 Å². The Morgan fingerprint density at radius 2 is 1.84 bits per heavy atom. The van der Waals surface area contributed by atoms with Gasteiger partial charge in [-0.1, -0.05) is 18.2 Å². The molecular weight excluding hydrogens is 352 g/mol. The largest absolute Gasteiger partial charge is 0.350 e. The maximum atomic E-state index is 12.8. The van der Waals surface area contributed by atoms with Gasteiger partial charge in [0.1, 0.15) is 0 Å². The van der Waals surface area contributed by atoms with Gasteiger partial charge in [0.2, 0.25) is 5.91 Å². The second-order valence-corrected chi connectivity index (χ2v) is 9.16. The van der Waals surface area contributed by atoms with E-state index < -0.39 is 0 Å². The Labute approximate surface area is 155 Å². The molecule has 0 atom stereocenters. The highest BCUT2D eigenvalue weighted by molar-refractivity contribution is 7.33. The van der Waals surface area contributed by atoms with Crippen molar-refractivity contribution in [2.75, 3.05) is 13.1 Å². The minimum absolute atomic E-state index is 0.0796. The number of amides is 2. The fraction of sp³-hybridized carbons (Fsp3) is 0.368. The van der Waals surface area contributed by atoms with E-state index in [2.05, 4.69) is 17.4 Å². The van der Waals surface area contributed by atoms with Crippen molar-refractivity contribution in [1.29, 1.82) is 0 Å². The van der Waals surface area contributed by atoms with E-state index in [0.717, 1.165) is 9.40 Å².